The summed E-state index contributed by atoms with van der Waals surface area (Å²) in [4.78, 5) is 24.5. The molecule has 0 heterocycles. The summed E-state index contributed by atoms with van der Waals surface area (Å²) in [5.74, 6) is -0.231. The first kappa shape index (κ1) is 18.9. The minimum Gasteiger partial charge on any atom is -0.326 e. The highest BCUT2D eigenvalue weighted by Gasteiger charge is 2.42. The van der Waals surface area contributed by atoms with Crippen molar-refractivity contribution in [1.82, 2.24) is 0 Å². The minimum absolute atomic E-state index is 0.0563. The van der Waals surface area contributed by atoms with Gasteiger partial charge in [-0.15, -0.1) is 0 Å². The Labute approximate surface area is 166 Å². The van der Waals surface area contributed by atoms with Crippen molar-refractivity contribution in [1.29, 1.82) is 0 Å². The zero-order valence-corrected chi connectivity index (χ0v) is 16.8. The molecule has 2 aromatic rings. The van der Waals surface area contributed by atoms with Gasteiger partial charge in [-0.3, -0.25) is 9.59 Å². The number of carbonyl (C=O) groups excluding carboxylic acids is 2. The molecule has 1 aliphatic rings. The quantitative estimate of drug-likeness (QED) is 0.665. The number of rotatable bonds is 4. The van der Waals surface area contributed by atoms with Gasteiger partial charge in [0.1, 0.15) is 0 Å². The normalized spacial score (nSPS) is 15.5. The molecule has 1 aliphatic carbocycles. The Hall–Kier alpha value is -1.85. The van der Waals surface area contributed by atoms with Gasteiger partial charge < -0.3 is 10.6 Å². The smallest absolute Gasteiger partial charge is 0.235 e. The third kappa shape index (κ3) is 3.94. The average Bonchev–Trinajstić information content (AvgIpc) is 3.09. The number of halogens is 2. The summed E-state index contributed by atoms with van der Waals surface area (Å²) in [6.07, 6.45) is 3.65. The maximum absolute atomic E-state index is 13.2. The summed E-state index contributed by atoms with van der Waals surface area (Å²) in [5, 5.41) is 6.14. The lowest BCUT2D eigenvalue weighted by molar-refractivity contribution is -0.121. The fourth-order valence-electron chi connectivity index (χ4n) is 3.54. The molecule has 0 saturated heterocycles. The predicted octanol–water partition coefficient (Wildman–Crippen LogP) is 5.51. The number of anilines is 2. The van der Waals surface area contributed by atoms with E-state index in [0.29, 0.717) is 16.4 Å². The van der Waals surface area contributed by atoms with Crippen LogP contribution in [0.4, 0.5) is 11.4 Å². The molecule has 0 aromatic heterocycles. The highest BCUT2D eigenvalue weighted by Crippen LogP contribution is 2.43. The van der Waals surface area contributed by atoms with Crippen LogP contribution in [0.25, 0.3) is 0 Å². The molecule has 0 radical (unpaired) electrons. The van der Waals surface area contributed by atoms with E-state index in [1.54, 1.807) is 18.2 Å². The van der Waals surface area contributed by atoms with Gasteiger partial charge in [0.05, 0.1) is 16.1 Å². The van der Waals surface area contributed by atoms with Crippen LogP contribution in [0.3, 0.4) is 0 Å². The van der Waals surface area contributed by atoms with Crippen molar-refractivity contribution < 1.29 is 9.59 Å². The molecule has 1 fully saturated rings. The number of hydrogen-bond donors (Lipinski definition) is 2. The van der Waals surface area contributed by atoms with E-state index in [9.17, 15) is 9.59 Å². The third-order valence-electron chi connectivity index (χ3n) is 4.82. The average molecular weight is 436 g/mol. The van der Waals surface area contributed by atoms with Crippen molar-refractivity contribution in [2.24, 2.45) is 0 Å². The van der Waals surface area contributed by atoms with Crippen molar-refractivity contribution in [3.05, 3.63) is 57.5 Å². The fraction of sp³-hybridized carbons (Fsp3) is 0.300. The van der Waals surface area contributed by atoms with Gasteiger partial charge in [0.25, 0.3) is 0 Å². The molecule has 1 saturated carbocycles. The zero-order chi connectivity index (χ0) is 18.7. The lowest BCUT2D eigenvalue weighted by Gasteiger charge is -2.28. The third-order valence-corrected chi connectivity index (χ3v) is 5.68. The van der Waals surface area contributed by atoms with Crippen molar-refractivity contribution in [2.45, 2.75) is 38.0 Å². The molecule has 0 spiro atoms. The summed E-state index contributed by atoms with van der Waals surface area (Å²) in [6, 6.07) is 13.0. The molecular weight excluding hydrogens is 416 g/mol. The zero-order valence-electron chi connectivity index (χ0n) is 14.4. The Bertz CT molecular complexity index is 830. The van der Waals surface area contributed by atoms with E-state index in [-0.39, 0.29) is 11.8 Å². The number of amides is 2. The van der Waals surface area contributed by atoms with E-state index in [0.717, 1.165) is 35.7 Å². The second-order valence-electron chi connectivity index (χ2n) is 6.63. The van der Waals surface area contributed by atoms with Crippen molar-refractivity contribution >= 4 is 50.7 Å². The second kappa shape index (κ2) is 7.80. The van der Waals surface area contributed by atoms with Crippen LogP contribution in [0.5, 0.6) is 0 Å². The van der Waals surface area contributed by atoms with Crippen LogP contribution in [-0.4, -0.2) is 11.8 Å². The van der Waals surface area contributed by atoms with Gasteiger partial charge in [0, 0.05) is 17.1 Å². The second-order valence-corrected chi connectivity index (χ2v) is 7.95. The summed E-state index contributed by atoms with van der Waals surface area (Å²) in [5.41, 5.74) is 1.58. The fourth-order valence-corrected chi connectivity index (χ4v) is 3.97. The lowest BCUT2D eigenvalue weighted by atomic mass is 9.78. The Morgan fingerprint density at radius 1 is 1.04 bits per heavy atom. The van der Waals surface area contributed by atoms with E-state index in [1.807, 2.05) is 24.3 Å². The number of benzene rings is 2. The van der Waals surface area contributed by atoms with Crippen LogP contribution >= 0.6 is 27.5 Å². The molecule has 0 atom stereocenters. The maximum Gasteiger partial charge on any atom is 0.235 e. The van der Waals surface area contributed by atoms with Gasteiger partial charge in [-0.2, -0.15) is 0 Å². The molecule has 2 amide bonds. The standard InChI is InChI=1S/C20H20BrClN2O2/c1-13(25)23-16-8-9-17(22)18(12-16)24-19(26)20(10-2-3-11-20)14-4-6-15(21)7-5-14/h4-9,12H,2-3,10-11H2,1H3,(H,23,25)(H,24,26). The van der Waals surface area contributed by atoms with Gasteiger partial charge in [-0.25, -0.2) is 0 Å². The number of hydrogen-bond acceptors (Lipinski definition) is 2. The van der Waals surface area contributed by atoms with Crippen LogP contribution in [0.2, 0.25) is 5.02 Å². The molecule has 136 valence electrons. The molecular formula is C20H20BrClN2O2. The van der Waals surface area contributed by atoms with E-state index >= 15 is 0 Å². The SMILES string of the molecule is CC(=O)Nc1ccc(Cl)c(NC(=O)C2(c3ccc(Br)cc3)CCCC2)c1. The van der Waals surface area contributed by atoms with E-state index in [1.165, 1.54) is 6.92 Å². The van der Waals surface area contributed by atoms with Crippen LogP contribution in [0.15, 0.2) is 46.9 Å². The van der Waals surface area contributed by atoms with Gasteiger partial charge in [-0.1, -0.05) is 52.5 Å². The molecule has 2 aromatic carbocycles. The van der Waals surface area contributed by atoms with Crippen molar-refractivity contribution in [3.8, 4) is 0 Å². The highest BCUT2D eigenvalue weighted by atomic mass is 79.9. The monoisotopic (exact) mass is 434 g/mol. The first-order valence-electron chi connectivity index (χ1n) is 8.55. The summed E-state index contributed by atoms with van der Waals surface area (Å²) in [7, 11) is 0. The van der Waals surface area contributed by atoms with Crippen molar-refractivity contribution in [2.75, 3.05) is 10.6 Å². The van der Waals surface area contributed by atoms with E-state index in [2.05, 4.69) is 26.6 Å². The molecule has 6 heteroatoms. The molecule has 0 bridgehead atoms. The molecule has 2 N–H and O–H groups in total. The molecule has 3 rings (SSSR count). The van der Waals surface area contributed by atoms with Crippen molar-refractivity contribution in [3.63, 3.8) is 0 Å². The van der Waals surface area contributed by atoms with Crippen LogP contribution in [-0.2, 0) is 15.0 Å². The Balaban J connectivity index is 1.90. The Morgan fingerprint density at radius 3 is 2.31 bits per heavy atom. The highest BCUT2D eigenvalue weighted by molar-refractivity contribution is 9.10. The number of carbonyl (C=O) groups is 2. The summed E-state index contributed by atoms with van der Waals surface area (Å²) in [6.45, 7) is 1.44. The van der Waals surface area contributed by atoms with E-state index in [4.69, 9.17) is 11.6 Å². The van der Waals surface area contributed by atoms with Gasteiger partial charge in [0.2, 0.25) is 11.8 Å². The first-order valence-corrected chi connectivity index (χ1v) is 9.72. The topological polar surface area (TPSA) is 58.2 Å². The lowest BCUT2D eigenvalue weighted by Crippen LogP contribution is -2.38. The molecule has 0 aliphatic heterocycles. The van der Waals surface area contributed by atoms with Crippen LogP contribution < -0.4 is 10.6 Å². The maximum atomic E-state index is 13.2. The number of nitrogens with one attached hydrogen (secondary N) is 2. The van der Waals surface area contributed by atoms with Crippen LogP contribution in [0.1, 0.15) is 38.2 Å². The largest absolute Gasteiger partial charge is 0.326 e. The predicted molar refractivity (Wildman–Crippen MR) is 109 cm³/mol. The van der Waals surface area contributed by atoms with Crippen LogP contribution in [0, 0.1) is 0 Å². The van der Waals surface area contributed by atoms with Gasteiger partial charge >= 0.3 is 0 Å². The van der Waals surface area contributed by atoms with Gasteiger partial charge in [-0.05, 0) is 48.7 Å². The molecule has 0 unspecified atom stereocenters. The summed E-state index contributed by atoms with van der Waals surface area (Å²) >= 11 is 9.71. The summed E-state index contributed by atoms with van der Waals surface area (Å²) < 4.78 is 0.987. The first-order chi connectivity index (χ1) is 12.4. The Morgan fingerprint density at radius 2 is 1.69 bits per heavy atom. The van der Waals surface area contributed by atoms with Gasteiger partial charge in [0.15, 0.2) is 0 Å². The molecule has 26 heavy (non-hydrogen) atoms. The minimum atomic E-state index is -0.548. The van der Waals surface area contributed by atoms with E-state index < -0.39 is 5.41 Å². The molecule has 4 nitrogen and oxygen atoms in total. The Kier molecular flexibility index (Phi) is 5.68.